The van der Waals surface area contributed by atoms with Crippen molar-refractivity contribution in [3.63, 3.8) is 0 Å². The molecule has 3 N–H and O–H groups in total. The van der Waals surface area contributed by atoms with Crippen LogP contribution in [0.3, 0.4) is 0 Å². The number of rotatable bonds is 4. The number of nitrogens with zero attached hydrogens (tertiary/aromatic N) is 1. The smallest absolute Gasteiger partial charge is 0.337 e. The Balaban J connectivity index is 1.78. The van der Waals surface area contributed by atoms with Gasteiger partial charge in [-0.2, -0.15) is 0 Å². The van der Waals surface area contributed by atoms with E-state index in [0.29, 0.717) is 16.4 Å². The van der Waals surface area contributed by atoms with Crippen molar-refractivity contribution >= 4 is 40.7 Å². The third-order valence-corrected chi connectivity index (χ3v) is 5.77. The molecule has 31 heavy (non-hydrogen) atoms. The number of nitrogens with one attached hydrogen (secondary N) is 3. The molecule has 0 spiro atoms. The molecule has 0 aliphatic carbocycles. The molecule has 8 heteroatoms. The quantitative estimate of drug-likeness (QED) is 0.489. The van der Waals surface area contributed by atoms with Crippen LogP contribution < -0.4 is 16.0 Å². The first-order valence-corrected chi connectivity index (χ1v) is 10.2. The maximum atomic E-state index is 12.4. The molecule has 7 nitrogen and oxygen atoms in total. The Labute approximate surface area is 187 Å². The van der Waals surface area contributed by atoms with E-state index >= 15 is 0 Å². The summed E-state index contributed by atoms with van der Waals surface area (Å²) in [6.07, 6.45) is 0. The van der Waals surface area contributed by atoms with Gasteiger partial charge in [0.15, 0.2) is 5.11 Å². The van der Waals surface area contributed by atoms with Gasteiger partial charge in [0.25, 0.3) is 0 Å². The predicted molar refractivity (Wildman–Crippen MR) is 126 cm³/mol. The summed E-state index contributed by atoms with van der Waals surface area (Å²) in [6.45, 7) is 5.73. The van der Waals surface area contributed by atoms with Gasteiger partial charge in [-0.1, -0.05) is 30.3 Å². The van der Waals surface area contributed by atoms with Crippen molar-refractivity contribution in [1.29, 1.82) is 0 Å². The summed E-state index contributed by atoms with van der Waals surface area (Å²) in [7, 11) is 3.15. The van der Waals surface area contributed by atoms with Gasteiger partial charge in [-0.05, 0) is 61.8 Å². The predicted octanol–water partition coefficient (Wildman–Crippen LogP) is 4.26. The van der Waals surface area contributed by atoms with Crippen molar-refractivity contribution in [2.75, 3.05) is 24.8 Å². The summed E-state index contributed by atoms with van der Waals surface area (Å²) in [4.78, 5) is 26.6. The minimum absolute atomic E-state index is 0.324. The zero-order valence-corrected chi connectivity index (χ0v) is 19.0. The molecular formula is C23H26N4O3S. The number of amides is 2. The van der Waals surface area contributed by atoms with Gasteiger partial charge in [0, 0.05) is 24.1 Å². The first-order chi connectivity index (χ1) is 14.7. The normalized spacial score (nSPS) is 16.0. The van der Waals surface area contributed by atoms with Gasteiger partial charge in [-0.25, -0.2) is 9.59 Å². The minimum atomic E-state index is -0.436. The second kappa shape index (κ2) is 9.18. The van der Waals surface area contributed by atoms with E-state index in [4.69, 9.17) is 17.0 Å². The van der Waals surface area contributed by atoms with E-state index in [1.807, 2.05) is 51.1 Å². The van der Waals surface area contributed by atoms with Crippen LogP contribution in [0.5, 0.6) is 0 Å². The fourth-order valence-electron chi connectivity index (χ4n) is 3.51. The zero-order chi connectivity index (χ0) is 22.7. The molecule has 2 aromatic rings. The Hall–Kier alpha value is -3.39. The van der Waals surface area contributed by atoms with E-state index in [9.17, 15) is 9.59 Å². The molecule has 3 rings (SSSR count). The van der Waals surface area contributed by atoms with Gasteiger partial charge < -0.3 is 25.6 Å². The molecule has 1 aliphatic heterocycles. The summed E-state index contributed by atoms with van der Waals surface area (Å²) < 4.78 is 4.98. The molecule has 2 amide bonds. The highest BCUT2D eigenvalue weighted by molar-refractivity contribution is 7.80. The number of carbonyl (C=O) groups excluding carboxylic acids is 2. The van der Waals surface area contributed by atoms with Gasteiger partial charge in [0.05, 0.1) is 18.7 Å². The fourth-order valence-corrected chi connectivity index (χ4v) is 3.76. The Morgan fingerprint density at radius 3 is 2.23 bits per heavy atom. The number of anilines is 2. The fraction of sp³-hybridized carbons (Fsp3) is 0.261. The summed E-state index contributed by atoms with van der Waals surface area (Å²) in [5, 5.41) is 9.44. The third-order valence-electron chi connectivity index (χ3n) is 5.38. The molecular weight excluding hydrogens is 412 g/mol. The van der Waals surface area contributed by atoms with Crippen LogP contribution in [0.1, 0.15) is 29.7 Å². The van der Waals surface area contributed by atoms with Gasteiger partial charge in [0.1, 0.15) is 0 Å². The van der Waals surface area contributed by atoms with Crippen LogP contribution in [0.25, 0.3) is 0 Å². The number of methoxy groups -OCH3 is 1. The van der Waals surface area contributed by atoms with E-state index in [0.717, 1.165) is 28.1 Å². The van der Waals surface area contributed by atoms with Crippen LogP contribution in [0, 0.1) is 13.8 Å². The summed E-state index contributed by atoms with van der Waals surface area (Å²) >= 11 is 5.39. The Bertz CT molecular complexity index is 1040. The van der Waals surface area contributed by atoms with Crippen LogP contribution >= 0.6 is 12.2 Å². The van der Waals surface area contributed by atoms with Crippen LogP contribution in [-0.2, 0) is 9.53 Å². The Kier molecular flexibility index (Phi) is 6.60. The third kappa shape index (κ3) is 4.69. The minimum Gasteiger partial charge on any atom is -0.466 e. The number of aryl methyl sites for hydroxylation is 2. The maximum Gasteiger partial charge on any atom is 0.337 e. The lowest BCUT2D eigenvalue weighted by molar-refractivity contribution is -0.136. The van der Waals surface area contributed by atoms with E-state index < -0.39 is 12.0 Å². The zero-order valence-electron chi connectivity index (χ0n) is 18.2. The molecule has 2 aromatic carbocycles. The van der Waals surface area contributed by atoms with Crippen molar-refractivity contribution in [1.82, 2.24) is 10.2 Å². The number of hydrogen-bond donors (Lipinski definition) is 3. The highest BCUT2D eigenvalue weighted by Crippen LogP contribution is 2.31. The van der Waals surface area contributed by atoms with Crippen molar-refractivity contribution in [3.05, 3.63) is 70.4 Å². The number of thiocarbonyl (C=S) groups is 1. The van der Waals surface area contributed by atoms with E-state index in [2.05, 4.69) is 16.0 Å². The van der Waals surface area contributed by atoms with Gasteiger partial charge >= 0.3 is 12.0 Å². The number of benzene rings is 2. The largest absolute Gasteiger partial charge is 0.466 e. The average molecular weight is 439 g/mol. The second-order valence-electron chi connectivity index (χ2n) is 7.40. The number of esters is 1. The van der Waals surface area contributed by atoms with Gasteiger partial charge in [-0.15, -0.1) is 0 Å². The maximum absolute atomic E-state index is 12.4. The topological polar surface area (TPSA) is 82.7 Å². The van der Waals surface area contributed by atoms with E-state index in [1.54, 1.807) is 24.1 Å². The Morgan fingerprint density at radius 2 is 1.65 bits per heavy atom. The summed E-state index contributed by atoms with van der Waals surface area (Å²) in [5.74, 6) is -0.417. The average Bonchev–Trinajstić information content (AvgIpc) is 2.74. The van der Waals surface area contributed by atoms with Crippen LogP contribution in [0.15, 0.2) is 53.7 Å². The monoisotopic (exact) mass is 438 g/mol. The number of para-hydroxylation sites is 1. The molecule has 1 unspecified atom stereocenters. The molecule has 1 heterocycles. The van der Waals surface area contributed by atoms with Crippen molar-refractivity contribution in [2.45, 2.75) is 26.8 Å². The van der Waals surface area contributed by atoms with Gasteiger partial charge in [-0.3, -0.25) is 0 Å². The van der Waals surface area contributed by atoms with Crippen molar-refractivity contribution < 1.29 is 14.3 Å². The van der Waals surface area contributed by atoms with Gasteiger partial charge in [0.2, 0.25) is 0 Å². The van der Waals surface area contributed by atoms with Crippen LogP contribution in [0.4, 0.5) is 16.2 Å². The highest BCUT2D eigenvalue weighted by atomic mass is 32.1. The Morgan fingerprint density at radius 1 is 1.03 bits per heavy atom. The summed E-state index contributed by atoms with van der Waals surface area (Å²) in [5.41, 5.74) is 5.46. The second-order valence-corrected chi connectivity index (χ2v) is 7.79. The number of urea groups is 1. The molecule has 0 saturated carbocycles. The lowest BCUT2D eigenvalue weighted by Crippen LogP contribution is -2.46. The number of ether oxygens (including phenoxy) is 1. The lowest BCUT2D eigenvalue weighted by atomic mass is 9.95. The molecule has 1 aliphatic rings. The molecule has 1 atom stereocenters. The number of hydrogen-bond acceptors (Lipinski definition) is 4. The first-order valence-electron chi connectivity index (χ1n) is 9.80. The number of allylic oxidation sites excluding steroid dienone is 1. The van der Waals surface area contributed by atoms with E-state index in [-0.39, 0.29) is 6.03 Å². The molecule has 0 fully saturated rings. The first kappa shape index (κ1) is 22.3. The van der Waals surface area contributed by atoms with Crippen molar-refractivity contribution in [2.24, 2.45) is 0 Å². The van der Waals surface area contributed by atoms with Crippen LogP contribution in [-0.4, -0.2) is 36.2 Å². The van der Waals surface area contributed by atoms with Crippen molar-refractivity contribution in [3.8, 4) is 0 Å². The van der Waals surface area contributed by atoms with E-state index in [1.165, 1.54) is 7.11 Å². The van der Waals surface area contributed by atoms with Crippen LogP contribution in [0.2, 0.25) is 0 Å². The summed E-state index contributed by atoms with van der Waals surface area (Å²) in [6, 6.07) is 12.3. The SMILES string of the molecule is COC(=O)C1=C(C)N(C)C(=S)NC1c1ccc(NC(=O)Nc2c(C)cccc2C)cc1. The molecule has 0 saturated heterocycles. The molecule has 162 valence electrons. The standard InChI is InChI=1S/C23H26N4O3S/c1-13-7-6-8-14(2)19(13)25-22(29)24-17-11-9-16(10-12-17)20-18(21(28)30-5)15(3)27(4)23(31)26-20/h6-12,20H,1-5H3,(H,26,31)(H2,24,25,29). The molecule has 0 radical (unpaired) electrons. The molecule has 0 aromatic heterocycles. The number of carbonyl (C=O) groups is 2. The highest BCUT2D eigenvalue weighted by Gasteiger charge is 2.33. The lowest BCUT2D eigenvalue weighted by Gasteiger charge is -2.35. The molecule has 0 bridgehead atoms.